The maximum atomic E-state index is 2.45. The molecule has 45 heavy (non-hydrogen) atoms. The van der Waals surface area contributed by atoms with Crippen molar-refractivity contribution < 1.29 is 0 Å². The first kappa shape index (κ1) is 25.1. The summed E-state index contributed by atoms with van der Waals surface area (Å²) in [5, 5.41) is 16.1. The molecule has 1 heterocycles. The van der Waals surface area contributed by atoms with Crippen molar-refractivity contribution >= 4 is 96.5 Å². The summed E-state index contributed by atoms with van der Waals surface area (Å²) in [5.41, 5.74) is 5.50. The van der Waals surface area contributed by atoms with Gasteiger partial charge in [0.05, 0.1) is 0 Å². The van der Waals surface area contributed by atoms with E-state index in [9.17, 15) is 0 Å². The standard InChI is InChI=1S/C44H28S/c1-2-11-33-31(9-1)32-10-3-4-14-36(32)40-25-29(21-23-37(33)40)27-17-19-28(20-18-27)30-22-24-42-41(26-30)43-38-15-7-5-12-34(38)35-13-6-8-16-39(35)44(43)45-42/h1-17,19,21-26H,18,20H2. The minimum atomic E-state index is 1.04. The zero-order valence-electron chi connectivity index (χ0n) is 24.7. The molecule has 8 aromatic carbocycles. The van der Waals surface area contributed by atoms with Crippen LogP contribution in [0.2, 0.25) is 0 Å². The molecule has 0 N–H and O–H groups in total. The second-order valence-electron chi connectivity index (χ2n) is 12.3. The Kier molecular flexibility index (Phi) is 5.38. The van der Waals surface area contributed by atoms with Gasteiger partial charge in [0, 0.05) is 25.6 Å². The van der Waals surface area contributed by atoms with E-state index >= 15 is 0 Å². The van der Waals surface area contributed by atoms with E-state index < -0.39 is 0 Å². The van der Waals surface area contributed by atoms with Gasteiger partial charge in [0.1, 0.15) is 0 Å². The third kappa shape index (κ3) is 3.71. The maximum absolute atomic E-state index is 2.45. The first-order chi connectivity index (χ1) is 22.3. The van der Waals surface area contributed by atoms with Gasteiger partial charge in [-0.05, 0) is 102 Å². The van der Waals surface area contributed by atoms with Crippen LogP contribution >= 0.6 is 11.3 Å². The molecule has 0 atom stereocenters. The smallest absolute Gasteiger partial charge is 0.0440 e. The number of allylic oxidation sites excluding steroid dienone is 4. The molecule has 0 saturated heterocycles. The average molecular weight is 589 g/mol. The highest BCUT2D eigenvalue weighted by Crippen LogP contribution is 2.45. The maximum Gasteiger partial charge on any atom is 0.0440 e. The molecular formula is C44H28S. The quantitative estimate of drug-likeness (QED) is 0.176. The summed E-state index contributed by atoms with van der Waals surface area (Å²) < 4.78 is 2.76. The fraction of sp³-hybridized carbons (Fsp3) is 0.0455. The van der Waals surface area contributed by atoms with E-state index in [0.29, 0.717) is 0 Å². The van der Waals surface area contributed by atoms with Crippen molar-refractivity contribution in [2.24, 2.45) is 0 Å². The van der Waals surface area contributed by atoms with Crippen molar-refractivity contribution in [3.63, 3.8) is 0 Å². The molecule has 210 valence electrons. The van der Waals surface area contributed by atoms with Gasteiger partial charge in [0.15, 0.2) is 0 Å². The van der Waals surface area contributed by atoms with E-state index in [4.69, 9.17) is 0 Å². The lowest BCUT2D eigenvalue weighted by molar-refractivity contribution is 1.07. The Morgan fingerprint density at radius 3 is 1.36 bits per heavy atom. The van der Waals surface area contributed by atoms with Crippen LogP contribution in [0.15, 0.2) is 146 Å². The Morgan fingerprint density at radius 1 is 0.356 bits per heavy atom. The molecule has 9 aromatic rings. The van der Waals surface area contributed by atoms with Crippen LogP contribution in [0.25, 0.3) is 85.2 Å². The van der Waals surface area contributed by atoms with Gasteiger partial charge in [-0.15, -0.1) is 11.3 Å². The Bertz CT molecular complexity index is 2720. The molecule has 0 aliphatic heterocycles. The lowest BCUT2D eigenvalue weighted by atomic mass is 9.87. The van der Waals surface area contributed by atoms with E-state index in [1.807, 2.05) is 11.3 Å². The van der Waals surface area contributed by atoms with Crippen LogP contribution < -0.4 is 0 Å². The Balaban J connectivity index is 1.10. The highest BCUT2D eigenvalue weighted by Gasteiger charge is 2.17. The van der Waals surface area contributed by atoms with Crippen molar-refractivity contribution in [1.29, 1.82) is 0 Å². The van der Waals surface area contributed by atoms with Crippen molar-refractivity contribution in [3.05, 3.63) is 157 Å². The third-order valence-electron chi connectivity index (χ3n) is 9.98. The number of thiophene rings is 1. The third-order valence-corrected chi connectivity index (χ3v) is 11.2. The zero-order chi connectivity index (χ0) is 29.5. The second kappa shape index (κ2) is 9.63. The van der Waals surface area contributed by atoms with Crippen LogP contribution in [0, 0.1) is 0 Å². The van der Waals surface area contributed by atoms with Crippen LogP contribution in [-0.4, -0.2) is 0 Å². The van der Waals surface area contributed by atoms with Crippen molar-refractivity contribution in [3.8, 4) is 0 Å². The summed E-state index contributed by atoms with van der Waals surface area (Å²) in [6, 6.07) is 49.7. The van der Waals surface area contributed by atoms with Crippen LogP contribution in [0.1, 0.15) is 24.0 Å². The average Bonchev–Trinajstić information content (AvgIpc) is 3.51. The molecule has 0 fully saturated rings. The van der Waals surface area contributed by atoms with Crippen LogP contribution in [0.4, 0.5) is 0 Å². The SMILES string of the molecule is C1=C(c2ccc3c4ccccc4c4ccccc4c3c2)CCC(c2ccc3sc4c5ccccc5c5ccccc5c4c3c2)=C1. The summed E-state index contributed by atoms with van der Waals surface area (Å²) in [6.45, 7) is 0. The largest absolute Gasteiger partial charge is 0.135 e. The number of fused-ring (bicyclic) bond motifs is 14. The molecule has 1 aliphatic carbocycles. The summed E-state index contributed by atoms with van der Waals surface area (Å²) in [5.74, 6) is 0. The predicted octanol–water partition coefficient (Wildman–Crippen LogP) is 13.1. The van der Waals surface area contributed by atoms with E-state index in [-0.39, 0.29) is 0 Å². The molecule has 0 amide bonds. The molecular weight excluding hydrogens is 561 g/mol. The van der Waals surface area contributed by atoms with Crippen LogP contribution in [-0.2, 0) is 0 Å². The molecule has 0 radical (unpaired) electrons. The monoisotopic (exact) mass is 588 g/mol. The van der Waals surface area contributed by atoms with E-state index in [0.717, 1.165) is 12.8 Å². The van der Waals surface area contributed by atoms with Gasteiger partial charge >= 0.3 is 0 Å². The van der Waals surface area contributed by atoms with E-state index in [1.165, 1.54) is 96.3 Å². The fourth-order valence-electron chi connectivity index (χ4n) is 7.83. The highest BCUT2D eigenvalue weighted by molar-refractivity contribution is 7.27. The number of rotatable bonds is 2. The topological polar surface area (TPSA) is 0 Å². The highest BCUT2D eigenvalue weighted by atomic mass is 32.1. The van der Waals surface area contributed by atoms with E-state index in [1.54, 1.807) is 0 Å². The fourth-order valence-corrected chi connectivity index (χ4v) is 9.07. The lowest BCUT2D eigenvalue weighted by Gasteiger charge is -2.17. The molecule has 0 unspecified atom stereocenters. The summed E-state index contributed by atoms with van der Waals surface area (Å²) in [4.78, 5) is 0. The molecule has 0 bridgehead atoms. The van der Waals surface area contributed by atoms with E-state index in [2.05, 4.69) is 146 Å². The number of hydrogen-bond donors (Lipinski definition) is 0. The first-order valence-electron chi connectivity index (χ1n) is 15.8. The minimum Gasteiger partial charge on any atom is -0.135 e. The van der Waals surface area contributed by atoms with Gasteiger partial charge in [0.25, 0.3) is 0 Å². The van der Waals surface area contributed by atoms with Gasteiger partial charge in [-0.25, -0.2) is 0 Å². The summed E-state index contributed by atoms with van der Waals surface area (Å²) in [6.07, 6.45) is 6.81. The van der Waals surface area contributed by atoms with Crippen LogP contribution in [0.5, 0.6) is 0 Å². The number of hydrogen-bond acceptors (Lipinski definition) is 1. The normalized spacial score (nSPS) is 13.9. The summed E-state index contributed by atoms with van der Waals surface area (Å²) >= 11 is 1.93. The zero-order valence-corrected chi connectivity index (χ0v) is 25.5. The molecule has 0 spiro atoms. The first-order valence-corrected chi connectivity index (χ1v) is 16.6. The van der Waals surface area contributed by atoms with Gasteiger partial charge in [-0.3, -0.25) is 0 Å². The minimum absolute atomic E-state index is 1.04. The molecule has 1 heteroatoms. The van der Waals surface area contributed by atoms with Gasteiger partial charge in [-0.1, -0.05) is 127 Å². The number of benzene rings is 8. The van der Waals surface area contributed by atoms with Crippen molar-refractivity contribution in [2.75, 3.05) is 0 Å². The Hall–Kier alpha value is -5.24. The molecule has 1 aromatic heterocycles. The Labute approximate surface area is 265 Å². The summed E-state index contributed by atoms with van der Waals surface area (Å²) in [7, 11) is 0. The second-order valence-corrected chi connectivity index (χ2v) is 13.4. The predicted molar refractivity (Wildman–Crippen MR) is 198 cm³/mol. The molecule has 0 nitrogen and oxygen atoms in total. The van der Waals surface area contributed by atoms with Gasteiger partial charge in [0.2, 0.25) is 0 Å². The van der Waals surface area contributed by atoms with Gasteiger partial charge < -0.3 is 0 Å². The van der Waals surface area contributed by atoms with Gasteiger partial charge in [-0.2, -0.15) is 0 Å². The molecule has 0 saturated carbocycles. The molecule has 10 rings (SSSR count). The lowest BCUT2D eigenvalue weighted by Crippen LogP contribution is -1.94. The Morgan fingerprint density at radius 2 is 0.778 bits per heavy atom. The van der Waals surface area contributed by atoms with Crippen LogP contribution in [0.3, 0.4) is 0 Å². The van der Waals surface area contributed by atoms with Crippen molar-refractivity contribution in [1.82, 2.24) is 0 Å². The van der Waals surface area contributed by atoms with Crippen molar-refractivity contribution in [2.45, 2.75) is 12.8 Å². The molecule has 1 aliphatic rings.